The molecule has 3 aromatic rings. The zero-order valence-corrected chi connectivity index (χ0v) is 11.9. The summed E-state index contributed by atoms with van der Waals surface area (Å²) in [6.45, 7) is 3.59. The Morgan fingerprint density at radius 2 is 1.90 bits per heavy atom. The number of ether oxygens (including phenoxy) is 1. The summed E-state index contributed by atoms with van der Waals surface area (Å²) >= 11 is 0. The van der Waals surface area contributed by atoms with Gasteiger partial charge in [-0.15, -0.1) is 0 Å². The van der Waals surface area contributed by atoms with Gasteiger partial charge >= 0.3 is 0 Å². The maximum Gasteiger partial charge on any atom is 0.141 e. The molecule has 3 heteroatoms. The van der Waals surface area contributed by atoms with Gasteiger partial charge in [0.2, 0.25) is 0 Å². The molecule has 0 atom stereocenters. The second-order valence-electron chi connectivity index (χ2n) is 5.19. The number of hydrogen-bond donors (Lipinski definition) is 0. The van der Waals surface area contributed by atoms with Crippen molar-refractivity contribution in [2.24, 2.45) is 0 Å². The molecular formula is C18H16N2O. The van der Waals surface area contributed by atoms with E-state index in [1.807, 2.05) is 19.1 Å². The Morgan fingerprint density at radius 1 is 1.10 bits per heavy atom. The lowest BCUT2D eigenvalue weighted by Crippen LogP contribution is -1.91. The predicted molar refractivity (Wildman–Crippen MR) is 83.4 cm³/mol. The first-order chi connectivity index (χ1) is 10.3. The van der Waals surface area contributed by atoms with E-state index >= 15 is 0 Å². The number of rotatable bonds is 3. The van der Waals surface area contributed by atoms with E-state index in [9.17, 15) is 0 Å². The number of hydrogen-bond acceptors (Lipinski definition) is 2. The van der Waals surface area contributed by atoms with E-state index in [0.29, 0.717) is 6.61 Å². The first-order valence-electron chi connectivity index (χ1n) is 7.24. The highest BCUT2D eigenvalue weighted by Crippen LogP contribution is 2.33. The first-order valence-corrected chi connectivity index (χ1v) is 7.24. The SMILES string of the molecule is CCOc1ccc(-c2cn3c(n2)-c2ccccc2C3)cc1. The molecule has 0 N–H and O–H groups in total. The third-order valence-electron chi connectivity index (χ3n) is 3.84. The molecule has 0 amide bonds. The molecule has 0 aliphatic carbocycles. The molecule has 2 aromatic carbocycles. The summed E-state index contributed by atoms with van der Waals surface area (Å²) in [6, 6.07) is 16.6. The second-order valence-corrected chi connectivity index (χ2v) is 5.19. The number of aromatic nitrogens is 2. The fraction of sp³-hybridized carbons (Fsp3) is 0.167. The lowest BCUT2D eigenvalue weighted by molar-refractivity contribution is 0.340. The van der Waals surface area contributed by atoms with Crippen LogP contribution in [0.5, 0.6) is 5.75 Å². The highest BCUT2D eigenvalue weighted by molar-refractivity contribution is 5.70. The van der Waals surface area contributed by atoms with E-state index in [-0.39, 0.29) is 0 Å². The molecule has 21 heavy (non-hydrogen) atoms. The fourth-order valence-corrected chi connectivity index (χ4v) is 2.84. The van der Waals surface area contributed by atoms with Gasteiger partial charge in [0.15, 0.2) is 0 Å². The van der Waals surface area contributed by atoms with Crippen molar-refractivity contribution in [2.75, 3.05) is 6.61 Å². The van der Waals surface area contributed by atoms with Gasteiger partial charge in [-0.2, -0.15) is 0 Å². The van der Waals surface area contributed by atoms with Gasteiger partial charge in [-0.3, -0.25) is 0 Å². The third-order valence-corrected chi connectivity index (χ3v) is 3.84. The van der Waals surface area contributed by atoms with Crippen LogP contribution >= 0.6 is 0 Å². The second kappa shape index (κ2) is 4.77. The average Bonchev–Trinajstić information content (AvgIpc) is 3.06. The minimum absolute atomic E-state index is 0.689. The highest BCUT2D eigenvalue weighted by Gasteiger charge is 2.20. The van der Waals surface area contributed by atoms with E-state index in [1.165, 1.54) is 11.1 Å². The van der Waals surface area contributed by atoms with Gasteiger partial charge in [0, 0.05) is 23.9 Å². The summed E-state index contributed by atoms with van der Waals surface area (Å²) in [4.78, 5) is 4.80. The smallest absolute Gasteiger partial charge is 0.141 e. The Labute approximate surface area is 123 Å². The summed E-state index contributed by atoms with van der Waals surface area (Å²) < 4.78 is 7.70. The van der Waals surface area contributed by atoms with Crippen molar-refractivity contribution in [3.8, 4) is 28.4 Å². The zero-order valence-electron chi connectivity index (χ0n) is 11.9. The lowest BCUT2D eigenvalue weighted by atomic mass is 10.1. The topological polar surface area (TPSA) is 27.1 Å². The Kier molecular flexibility index (Phi) is 2.78. The van der Waals surface area contributed by atoms with Crippen LogP contribution in [0, 0.1) is 0 Å². The molecule has 0 spiro atoms. The molecular weight excluding hydrogens is 260 g/mol. The van der Waals surface area contributed by atoms with Crippen LogP contribution in [-0.4, -0.2) is 16.2 Å². The van der Waals surface area contributed by atoms with E-state index in [0.717, 1.165) is 29.4 Å². The Bertz CT molecular complexity index is 787. The maximum absolute atomic E-state index is 5.48. The van der Waals surface area contributed by atoms with Gasteiger partial charge in [0.05, 0.1) is 12.3 Å². The van der Waals surface area contributed by atoms with E-state index in [4.69, 9.17) is 9.72 Å². The molecule has 4 rings (SSSR count). The van der Waals surface area contributed by atoms with Gasteiger partial charge in [-0.1, -0.05) is 24.3 Å². The fourth-order valence-electron chi connectivity index (χ4n) is 2.84. The summed E-state index contributed by atoms with van der Waals surface area (Å²) in [5.41, 5.74) is 4.73. The Morgan fingerprint density at radius 3 is 2.71 bits per heavy atom. The molecule has 0 saturated carbocycles. The molecule has 0 fully saturated rings. The number of imidazole rings is 1. The molecule has 0 saturated heterocycles. The van der Waals surface area contributed by atoms with Gasteiger partial charge in [0.1, 0.15) is 11.6 Å². The normalized spacial score (nSPS) is 12.0. The quantitative estimate of drug-likeness (QED) is 0.566. The molecule has 1 aromatic heterocycles. The van der Waals surface area contributed by atoms with E-state index in [1.54, 1.807) is 0 Å². The third kappa shape index (κ3) is 2.02. The Balaban J connectivity index is 1.70. The van der Waals surface area contributed by atoms with Crippen molar-refractivity contribution >= 4 is 0 Å². The molecule has 1 aliphatic rings. The monoisotopic (exact) mass is 276 g/mol. The molecule has 0 bridgehead atoms. The lowest BCUT2D eigenvalue weighted by Gasteiger charge is -2.03. The van der Waals surface area contributed by atoms with E-state index < -0.39 is 0 Å². The van der Waals surface area contributed by atoms with Crippen molar-refractivity contribution in [2.45, 2.75) is 13.5 Å². The van der Waals surface area contributed by atoms with Crippen molar-refractivity contribution in [3.63, 3.8) is 0 Å². The average molecular weight is 276 g/mol. The number of fused-ring (bicyclic) bond motifs is 3. The molecule has 1 aliphatic heterocycles. The van der Waals surface area contributed by atoms with Crippen LogP contribution in [0.4, 0.5) is 0 Å². The van der Waals surface area contributed by atoms with Crippen LogP contribution in [0.3, 0.4) is 0 Å². The van der Waals surface area contributed by atoms with Crippen LogP contribution in [-0.2, 0) is 6.54 Å². The predicted octanol–water partition coefficient (Wildman–Crippen LogP) is 3.98. The minimum Gasteiger partial charge on any atom is -0.494 e. The van der Waals surface area contributed by atoms with Crippen LogP contribution in [0.1, 0.15) is 12.5 Å². The van der Waals surface area contributed by atoms with Crippen LogP contribution < -0.4 is 4.74 Å². The van der Waals surface area contributed by atoms with Crippen LogP contribution in [0.2, 0.25) is 0 Å². The number of nitrogens with zero attached hydrogens (tertiary/aromatic N) is 2. The number of benzene rings is 2. The van der Waals surface area contributed by atoms with Crippen molar-refractivity contribution in [1.82, 2.24) is 9.55 Å². The molecule has 104 valence electrons. The summed E-state index contributed by atoms with van der Waals surface area (Å²) in [6.07, 6.45) is 2.13. The van der Waals surface area contributed by atoms with Gasteiger partial charge in [0.25, 0.3) is 0 Å². The zero-order chi connectivity index (χ0) is 14.2. The minimum atomic E-state index is 0.689. The first kappa shape index (κ1) is 12.2. The molecule has 3 nitrogen and oxygen atoms in total. The van der Waals surface area contributed by atoms with Gasteiger partial charge in [-0.05, 0) is 36.8 Å². The van der Waals surface area contributed by atoms with Crippen molar-refractivity contribution in [3.05, 3.63) is 60.3 Å². The van der Waals surface area contributed by atoms with Crippen LogP contribution in [0.15, 0.2) is 54.7 Å². The largest absolute Gasteiger partial charge is 0.494 e. The molecule has 0 unspecified atom stereocenters. The van der Waals surface area contributed by atoms with Crippen molar-refractivity contribution in [1.29, 1.82) is 0 Å². The summed E-state index contributed by atoms with van der Waals surface area (Å²) in [7, 11) is 0. The summed E-state index contributed by atoms with van der Waals surface area (Å²) in [5.74, 6) is 1.97. The highest BCUT2D eigenvalue weighted by atomic mass is 16.5. The molecule has 2 heterocycles. The van der Waals surface area contributed by atoms with E-state index in [2.05, 4.69) is 47.2 Å². The molecule has 0 radical (unpaired) electrons. The maximum atomic E-state index is 5.48. The van der Waals surface area contributed by atoms with Crippen LogP contribution in [0.25, 0.3) is 22.6 Å². The van der Waals surface area contributed by atoms with Crippen molar-refractivity contribution < 1.29 is 4.74 Å². The van der Waals surface area contributed by atoms with Gasteiger partial charge < -0.3 is 9.30 Å². The summed E-state index contributed by atoms with van der Waals surface area (Å²) in [5, 5.41) is 0. The Hall–Kier alpha value is -2.55. The standard InChI is InChI=1S/C18H16N2O/c1-2-21-15-9-7-13(8-10-15)17-12-20-11-14-5-3-4-6-16(14)18(20)19-17/h3-10,12H,2,11H2,1H3. The van der Waals surface area contributed by atoms with Gasteiger partial charge in [-0.25, -0.2) is 4.98 Å².